The van der Waals surface area contributed by atoms with Gasteiger partial charge in [-0.3, -0.25) is 4.79 Å². The topological polar surface area (TPSA) is 75.4 Å². The lowest BCUT2D eigenvalue weighted by Crippen LogP contribution is -2.48. The molecule has 1 amide bonds. The summed E-state index contributed by atoms with van der Waals surface area (Å²) in [7, 11) is 0. The first-order chi connectivity index (χ1) is 15.1. The highest BCUT2D eigenvalue weighted by atomic mass is 16.1. The molecule has 0 radical (unpaired) electrons. The molecule has 0 saturated carbocycles. The van der Waals surface area contributed by atoms with E-state index < -0.39 is 0 Å². The number of carbonyl (C=O) groups is 1. The zero-order valence-electron chi connectivity index (χ0n) is 18.5. The van der Waals surface area contributed by atoms with E-state index in [4.69, 9.17) is 0 Å². The lowest BCUT2D eigenvalue weighted by molar-refractivity contribution is -0.122. The van der Waals surface area contributed by atoms with Gasteiger partial charge in [-0.25, -0.2) is 9.50 Å². The van der Waals surface area contributed by atoms with Crippen LogP contribution in [-0.2, 0) is 17.6 Å². The van der Waals surface area contributed by atoms with Crippen molar-refractivity contribution in [3.63, 3.8) is 0 Å². The third-order valence-electron chi connectivity index (χ3n) is 6.24. The summed E-state index contributed by atoms with van der Waals surface area (Å²) >= 11 is 0. The maximum Gasteiger partial charge on any atom is 0.252 e. The molecule has 1 saturated heterocycles. The summed E-state index contributed by atoms with van der Waals surface area (Å²) in [6.07, 6.45) is 7.11. The van der Waals surface area contributed by atoms with Crippen LogP contribution in [0.4, 0.5) is 0 Å². The van der Waals surface area contributed by atoms with Crippen molar-refractivity contribution in [1.29, 1.82) is 0 Å². The second-order valence-corrected chi connectivity index (χ2v) is 8.53. The highest BCUT2D eigenvalue weighted by Gasteiger charge is 2.21. The number of nitrogens with zero attached hydrogens (tertiary/aromatic N) is 5. The van der Waals surface area contributed by atoms with Crippen LogP contribution in [0.1, 0.15) is 48.2 Å². The number of aryl methyl sites for hydroxylation is 3. The molecule has 7 heteroatoms. The molecule has 7 nitrogen and oxygen atoms in total. The minimum atomic E-state index is 0.119. The number of rotatable bonds is 8. The number of carbonyl (C=O) groups excluding carboxylic acids is 1. The van der Waals surface area contributed by atoms with Gasteiger partial charge in [0.05, 0.1) is 0 Å². The van der Waals surface area contributed by atoms with Crippen molar-refractivity contribution in [1.82, 2.24) is 29.8 Å². The Bertz CT molecular complexity index is 1020. The fourth-order valence-electron chi connectivity index (χ4n) is 4.58. The highest BCUT2D eigenvalue weighted by molar-refractivity contribution is 5.76. The Labute approximate surface area is 183 Å². The lowest BCUT2D eigenvalue weighted by Gasteiger charge is -2.33. The van der Waals surface area contributed by atoms with Gasteiger partial charge in [0, 0.05) is 30.4 Å². The smallest absolute Gasteiger partial charge is 0.252 e. The van der Waals surface area contributed by atoms with Crippen molar-refractivity contribution in [3.8, 4) is 0 Å². The maximum absolute atomic E-state index is 12.6. The first-order valence-corrected chi connectivity index (χ1v) is 11.3. The molecule has 1 aliphatic rings. The van der Waals surface area contributed by atoms with Gasteiger partial charge in [0.25, 0.3) is 5.78 Å². The average molecular weight is 421 g/mol. The first kappa shape index (κ1) is 21.4. The van der Waals surface area contributed by atoms with E-state index in [1.165, 1.54) is 11.9 Å². The van der Waals surface area contributed by atoms with Crippen molar-refractivity contribution in [2.45, 2.75) is 58.4 Å². The summed E-state index contributed by atoms with van der Waals surface area (Å²) in [6.45, 7) is 7.15. The van der Waals surface area contributed by atoms with Gasteiger partial charge < -0.3 is 10.2 Å². The van der Waals surface area contributed by atoms with E-state index in [2.05, 4.69) is 55.6 Å². The van der Waals surface area contributed by atoms with Gasteiger partial charge in [-0.2, -0.15) is 10.1 Å². The number of fused-ring (bicyclic) bond motifs is 1. The van der Waals surface area contributed by atoms with E-state index in [1.807, 2.05) is 13.8 Å². The van der Waals surface area contributed by atoms with E-state index in [0.29, 0.717) is 18.6 Å². The predicted octanol–water partition coefficient (Wildman–Crippen LogP) is 2.89. The SMILES string of the molecule is Cc1nc2ncnn2c(C)c1CCC(=O)N[C@@H]1CCCN(CCCc2ccccc2)C1. The minimum Gasteiger partial charge on any atom is -0.352 e. The summed E-state index contributed by atoms with van der Waals surface area (Å²) in [4.78, 5) is 23.8. The van der Waals surface area contributed by atoms with Gasteiger partial charge >= 0.3 is 0 Å². The lowest BCUT2D eigenvalue weighted by atomic mass is 10.0. The number of piperidine rings is 1. The van der Waals surface area contributed by atoms with Crippen LogP contribution in [0.15, 0.2) is 36.7 Å². The predicted molar refractivity (Wildman–Crippen MR) is 121 cm³/mol. The molecule has 1 atom stereocenters. The molecular formula is C24H32N6O. The molecule has 31 heavy (non-hydrogen) atoms. The van der Waals surface area contributed by atoms with Gasteiger partial charge in [0.15, 0.2) is 0 Å². The number of amides is 1. The Hall–Kier alpha value is -2.80. The molecule has 1 aromatic carbocycles. The molecule has 3 aromatic rings. The van der Waals surface area contributed by atoms with Crippen molar-refractivity contribution >= 4 is 11.7 Å². The zero-order valence-corrected chi connectivity index (χ0v) is 18.5. The van der Waals surface area contributed by atoms with Crippen molar-refractivity contribution in [2.75, 3.05) is 19.6 Å². The Morgan fingerprint density at radius 3 is 2.87 bits per heavy atom. The third-order valence-corrected chi connectivity index (χ3v) is 6.24. The molecular weight excluding hydrogens is 388 g/mol. The second-order valence-electron chi connectivity index (χ2n) is 8.53. The fraction of sp³-hybridized carbons (Fsp3) is 0.500. The summed E-state index contributed by atoms with van der Waals surface area (Å²) in [5, 5.41) is 7.49. The summed E-state index contributed by atoms with van der Waals surface area (Å²) in [6, 6.07) is 10.9. The maximum atomic E-state index is 12.6. The first-order valence-electron chi connectivity index (χ1n) is 11.3. The molecule has 1 N–H and O–H groups in total. The highest BCUT2D eigenvalue weighted by Crippen LogP contribution is 2.16. The van der Waals surface area contributed by atoms with Gasteiger partial charge in [-0.1, -0.05) is 30.3 Å². The standard InChI is InChI=1S/C24H32N6O/c1-18-22(19(2)30-24(27-18)25-17-26-30)12-13-23(31)28-21-11-7-15-29(16-21)14-6-10-20-8-4-3-5-9-20/h3-5,8-9,17,21H,6-7,10-16H2,1-2H3,(H,28,31)/t21-/m1/s1. The van der Waals surface area contributed by atoms with Crippen LogP contribution < -0.4 is 5.32 Å². The number of hydrogen-bond donors (Lipinski definition) is 1. The normalized spacial score (nSPS) is 17.2. The van der Waals surface area contributed by atoms with Crippen LogP contribution in [0, 0.1) is 13.8 Å². The van der Waals surface area contributed by atoms with E-state index in [-0.39, 0.29) is 11.9 Å². The molecule has 0 spiro atoms. The minimum absolute atomic E-state index is 0.119. The Balaban J connectivity index is 1.24. The molecule has 1 fully saturated rings. The van der Waals surface area contributed by atoms with Crippen LogP contribution >= 0.6 is 0 Å². The average Bonchev–Trinajstić information content (AvgIpc) is 3.23. The van der Waals surface area contributed by atoms with E-state index in [1.54, 1.807) is 4.52 Å². The number of benzene rings is 1. The molecule has 4 rings (SSSR count). The van der Waals surface area contributed by atoms with E-state index >= 15 is 0 Å². The molecule has 1 aliphatic heterocycles. The molecule has 2 aromatic heterocycles. The summed E-state index contributed by atoms with van der Waals surface area (Å²) in [5.74, 6) is 0.728. The Morgan fingerprint density at radius 1 is 1.19 bits per heavy atom. The summed E-state index contributed by atoms with van der Waals surface area (Å²) in [5.41, 5.74) is 4.41. The largest absolute Gasteiger partial charge is 0.352 e. The number of hydrogen-bond acceptors (Lipinski definition) is 5. The molecule has 0 aliphatic carbocycles. The van der Waals surface area contributed by atoms with Crippen molar-refractivity contribution < 1.29 is 4.79 Å². The summed E-state index contributed by atoms with van der Waals surface area (Å²) < 4.78 is 1.74. The Morgan fingerprint density at radius 2 is 2.03 bits per heavy atom. The van der Waals surface area contributed by atoms with Crippen LogP contribution in [-0.4, -0.2) is 56.1 Å². The van der Waals surface area contributed by atoms with Crippen LogP contribution in [0.3, 0.4) is 0 Å². The van der Waals surface area contributed by atoms with E-state index in [0.717, 1.165) is 62.3 Å². The van der Waals surface area contributed by atoms with Crippen LogP contribution in [0.2, 0.25) is 0 Å². The molecule has 0 bridgehead atoms. The number of aromatic nitrogens is 4. The zero-order chi connectivity index (χ0) is 21.6. The van der Waals surface area contributed by atoms with Gasteiger partial charge in [-0.15, -0.1) is 0 Å². The quantitative estimate of drug-likeness (QED) is 0.606. The monoisotopic (exact) mass is 420 g/mol. The van der Waals surface area contributed by atoms with E-state index in [9.17, 15) is 4.79 Å². The Kier molecular flexibility index (Phi) is 6.92. The van der Waals surface area contributed by atoms with Crippen molar-refractivity contribution in [3.05, 3.63) is 59.2 Å². The van der Waals surface area contributed by atoms with Crippen LogP contribution in [0.5, 0.6) is 0 Å². The fourth-order valence-corrected chi connectivity index (χ4v) is 4.58. The van der Waals surface area contributed by atoms with Gasteiger partial charge in [-0.05, 0) is 70.2 Å². The number of nitrogens with one attached hydrogen (secondary N) is 1. The molecule has 164 valence electrons. The van der Waals surface area contributed by atoms with Crippen molar-refractivity contribution in [2.24, 2.45) is 0 Å². The molecule has 0 unspecified atom stereocenters. The van der Waals surface area contributed by atoms with Crippen LogP contribution in [0.25, 0.3) is 5.78 Å². The third kappa shape index (κ3) is 5.47. The second kappa shape index (κ2) is 10.0. The molecule has 3 heterocycles. The van der Waals surface area contributed by atoms with Gasteiger partial charge in [0.2, 0.25) is 5.91 Å². The number of likely N-dealkylation sites (tertiary alicyclic amines) is 1. The van der Waals surface area contributed by atoms with Gasteiger partial charge in [0.1, 0.15) is 6.33 Å².